The van der Waals surface area contributed by atoms with Crippen LogP contribution >= 0.6 is 34.8 Å². The van der Waals surface area contributed by atoms with E-state index >= 15 is 0 Å². The minimum Gasteiger partial charge on any atom is -0.507 e. The zero-order valence-corrected chi connectivity index (χ0v) is 12.9. The molecule has 0 atom stereocenters. The van der Waals surface area contributed by atoms with Crippen LogP contribution < -0.4 is 14.8 Å². The summed E-state index contributed by atoms with van der Waals surface area (Å²) in [4.78, 5) is 0. The lowest BCUT2D eigenvalue weighted by Gasteiger charge is -2.11. The standard InChI is InChI=1S/C14H10Cl3NO3/c15-8-2-10(17)11(3-9(8)16)18-5-7-1-13-14(4-12(7)19)21-6-20-13/h1-4,18-19H,5-6H2. The Morgan fingerprint density at radius 3 is 2.38 bits per heavy atom. The highest BCUT2D eigenvalue weighted by Crippen LogP contribution is 2.38. The van der Waals surface area contributed by atoms with Gasteiger partial charge in [0.2, 0.25) is 6.79 Å². The molecule has 1 heterocycles. The van der Waals surface area contributed by atoms with Crippen LogP contribution in [0.25, 0.3) is 0 Å². The highest BCUT2D eigenvalue weighted by Gasteiger charge is 2.17. The predicted octanol–water partition coefficient (Wildman–Crippen LogP) is 4.69. The molecule has 4 nitrogen and oxygen atoms in total. The predicted molar refractivity (Wildman–Crippen MR) is 83.0 cm³/mol. The van der Waals surface area contributed by atoms with Gasteiger partial charge in [-0.2, -0.15) is 0 Å². The van der Waals surface area contributed by atoms with Gasteiger partial charge in [0, 0.05) is 18.2 Å². The first-order valence-corrected chi connectivity index (χ1v) is 7.18. The molecule has 0 aromatic heterocycles. The Morgan fingerprint density at radius 2 is 1.62 bits per heavy atom. The Labute approximate surface area is 136 Å². The van der Waals surface area contributed by atoms with Crippen molar-refractivity contribution >= 4 is 40.5 Å². The van der Waals surface area contributed by atoms with E-state index in [9.17, 15) is 5.11 Å². The van der Waals surface area contributed by atoms with E-state index in [0.29, 0.717) is 44.4 Å². The Morgan fingerprint density at radius 1 is 0.952 bits per heavy atom. The molecule has 0 bridgehead atoms. The Balaban J connectivity index is 1.81. The summed E-state index contributed by atoms with van der Waals surface area (Å²) in [6.07, 6.45) is 0. The molecule has 1 aliphatic rings. The Kier molecular flexibility index (Phi) is 3.93. The summed E-state index contributed by atoms with van der Waals surface area (Å²) < 4.78 is 10.5. The van der Waals surface area contributed by atoms with Crippen molar-refractivity contribution < 1.29 is 14.6 Å². The lowest BCUT2D eigenvalue weighted by atomic mass is 10.1. The summed E-state index contributed by atoms with van der Waals surface area (Å²) in [5.41, 5.74) is 1.28. The second-order valence-corrected chi connectivity index (χ2v) is 5.66. The van der Waals surface area contributed by atoms with Gasteiger partial charge < -0.3 is 19.9 Å². The van der Waals surface area contributed by atoms with Gasteiger partial charge in [-0.3, -0.25) is 0 Å². The number of hydrogen-bond acceptors (Lipinski definition) is 4. The number of aromatic hydroxyl groups is 1. The van der Waals surface area contributed by atoms with Crippen LogP contribution in [0.2, 0.25) is 15.1 Å². The second-order valence-electron chi connectivity index (χ2n) is 4.43. The SMILES string of the molecule is Oc1cc2c(cc1CNc1cc(Cl)c(Cl)cc1Cl)OCO2. The van der Waals surface area contributed by atoms with Gasteiger partial charge in [-0.05, 0) is 18.2 Å². The van der Waals surface area contributed by atoms with E-state index in [1.165, 1.54) is 6.07 Å². The lowest BCUT2D eigenvalue weighted by Crippen LogP contribution is -2.00. The number of phenolic OH excluding ortho intramolecular Hbond substituents is 1. The van der Waals surface area contributed by atoms with Crippen LogP contribution in [0.15, 0.2) is 24.3 Å². The van der Waals surface area contributed by atoms with Gasteiger partial charge in [-0.1, -0.05) is 34.8 Å². The molecule has 0 aliphatic carbocycles. The summed E-state index contributed by atoms with van der Waals surface area (Å²) in [5, 5.41) is 14.3. The summed E-state index contributed by atoms with van der Waals surface area (Å²) in [6, 6.07) is 6.44. The number of anilines is 1. The maximum atomic E-state index is 9.96. The molecule has 0 radical (unpaired) electrons. The van der Waals surface area contributed by atoms with Gasteiger partial charge in [0.25, 0.3) is 0 Å². The fourth-order valence-electron chi connectivity index (χ4n) is 1.96. The summed E-state index contributed by atoms with van der Waals surface area (Å²) in [7, 11) is 0. The van der Waals surface area contributed by atoms with Crippen molar-refractivity contribution in [1.82, 2.24) is 0 Å². The molecule has 1 aliphatic heterocycles. The molecule has 110 valence electrons. The van der Waals surface area contributed by atoms with Crippen molar-refractivity contribution in [1.29, 1.82) is 0 Å². The molecule has 0 fully saturated rings. The Hall–Kier alpha value is -1.49. The largest absolute Gasteiger partial charge is 0.507 e. The third kappa shape index (κ3) is 2.93. The Bertz CT molecular complexity index is 706. The number of phenols is 1. The minimum absolute atomic E-state index is 0.114. The molecule has 2 aromatic rings. The van der Waals surface area contributed by atoms with E-state index in [4.69, 9.17) is 44.3 Å². The molecular weight excluding hydrogens is 337 g/mol. The average Bonchev–Trinajstić information content (AvgIpc) is 2.88. The topological polar surface area (TPSA) is 50.7 Å². The van der Waals surface area contributed by atoms with Gasteiger partial charge >= 0.3 is 0 Å². The third-order valence-corrected chi connectivity index (χ3v) is 4.09. The molecule has 0 unspecified atom stereocenters. The van der Waals surface area contributed by atoms with Gasteiger partial charge in [-0.15, -0.1) is 0 Å². The average molecular weight is 347 g/mol. The van der Waals surface area contributed by atoms with Crippen LogP contribution in [0, 0.1) is 0 Å². The monoisotopic (exact) mass is 345 g/mol. The van der Waals surface area contributed by atoms with Crippen molar-refractivity contribution in [2.75, 3.05) is 12.1 Å². The van der Waals surface area contributed by atoms with Crippen LogP contribution in [0.1, 0.15) is 5.56 Å². The van der Waals surface area contributed by atoms with E-state index in [1.54, 1.807) is 18.2 Å². The molecule has 21 heavy (non-hydrogen) atoms. The number of halogens is 3. The molecule has 3 rings (SSSR count). The summed E-state index contributed by atoms with van der Waals surface area (Å²) in [5.74, 6) is 1.25. The van der Waals surface area contributed by atoms with Crippen molar-refractivity contribution in [2.45, 2.75) is 6.54 Å². The van der Waals surface area contributed by atoms with Crippen LogP contribution in [0.3, 0.4) is 0 Å². The first kappa shape index (κ1) is 14.4. The fraction of sp³-hybridized carbons (Fsp3) is 0.143. The molecule has 0 saturated heterocycles. The van der Waals surface area contributed by atoms with Gasteiger partial charge in [0.1, 0.15) is 5.75 Å². The van der Waals surface area contributed by atoms with Gasteiger partial charge in [0.15, 0.2) is 11.5 Å². The zero-order chi connectivity index (χ0) is 15.0. The van der Waals surface area contributed by atoms with E-state index in [-0.39, 0.29) is 12.5 Å². The number of fused-ring (bicyclic) bond motifs is 1. The lowest BCUT2D eigenvalue weighted by molar-refractivity contribution is 0.174. The smallest absolute Gasteiger partial charge is 0.231 e. The highest BCUT2D eigenvalue weighted by molar-refractivity contribution is 6.44. The molecule has 2 N–H and O–H groups in total. The second kappa shape index (κ2) is 5.72. The first-order chi connectivity index (χ1) is 10.0. The fourth-order valence-corrected chi connectivity index (χ4v) is 2.58. The molecule has 7 heteroatoms. The van der Waals surface area contributed by atoms with Crippen molar-refractivity contribution in [3.8, 4) is 17.2 Å². The van der Waals surface area contributed by atoms with Crippen LogP contribution in [0.5, 0.6) is 17.2 Å². The first-order valence-electron chi connectivity index (χ1n) is 6.04. The van der Waals surface area contributed by atoms with Gasteiger partial charge in [0.05, 0.1) is 20.8 Å². The molecule has 0 saturated carbocycles. The third-order valence-electron chi connectivity index (χ3n) is 3.05. The minimum atomic E-state index is 0.114. The van der Waals surface area contributed by atoms with Crippen molar-refractivity contribution in [3.05, 3.63) is 44.9 Å². The maximum absolute atomic E-state index is 9.96. The molecule has 2 aromatic carbocycles. The van der Waals surface area contributed by atoms with Gasteiger partial charge in [-0.25, -0.2) is 0 Å². The molecular formula is C14H10Cl3NO3. The summed E-state index contributed by atoms with van der Waals surface area (Å²) >= 11 is 17.9. The number of benzene rings is 2. The quantitative estimate of drug-likeness (QED) is 0.791. The maximum Gasteiger partial charge on any atom is 0.231 e. The van der Waals surface area contributed by atoms with Crippen molar-refractivity contribution in [2.24, 2.45) is 0 Å². The zero-order valence-electron chi connectivity index (χ0n) is 10.6. The number of rotatable bonds is 3. The van der Waals surface area contributed by atoms with Crippen LogP contribution in [-0.2, 0) is 6.54 Å². The number of hydrogen-bond donors (Lipinski definition) is 2. The van der Waals surface area contributed by atoms with Crippen LogP contribution in [0.4, 0.5) is 5.69 Å². The van der Waals surface area contributed by atoms with E-state index in [2.05, 4.69) is 5.32 Å². The van der Waals surface area contributed by atoms with E-state index in [0.717, 1.165) is 0 Å². The molecule has 0 spiro atoms. The number of ether oxygens (including phenoxy) is 2. The van der Waals surface area contributed by atoms with Crippen LogP contribution in [-0.4, -0.2) is 11.9 Å². The molecule has 0 amide bonds. The normalized spacial score (nSPS) is 12.5. The summed E-state index contributed by atoms with van der Waals surface area (Å²) in [6.45, 7) is 0.504. The van der Waals surface area contributed by atoms with E-state index in [1.807, 2.05) is 0 Å². The van der Waals surface area contributed by atoms with E-state index < -0.39 is 0 Å². The number of nitrogens with one attached hydrogen (secondary N) is 1. The van der Waals surface area contributed by atoms with Crippen molar-refractivity contribution in [3.63, 3.8) is 0 Å². The highest BCUT2D eigenvalue weighted by atomic mass is 35.5.